The first-order valence-electron chi connectivity index (χ1n) is 9.61. The van der Waals surface area contributed by atoms with Crippen LogP contribution in [-0.4, -0.2) is 49.4 Å². The number of aromatic hydroxyl groups is 1. The molecule has 0 bridgehead atoms. The van der Waals surface area contributed by atoms with Crippen molar-refractivity contribution < 1.29 is 18.3 Å². The minimum atomic E-state index is -4.53. The molecule has 1 fully saturated rings. The number of halogens is 3. The standard InChI is InChI=1S/C20H22F3N5O/c1-3-27-6-4-5-14(10-27)28-11-24-16-9-15(25-26-19(16)28)18-12(2)7-13(8-17(18)29)20(21,22)23/h7-9,11,14,29H,3-6,10H2,1-2H3/t14-/m1/s1. The maximum Gasteiger partial charge on any atom is 0.416 e. The molecule has 154 valence electrons. The van der Waals surface area contributed by atoms with Crippen molar-refractivity contribution in [3.05, 3.63) is 35.7 Å². The molecular weight excluding hydrogens is 383 g/mol. The molecule has 2 aromatic heterocycles. The number of aryl methyl sites for hydroxylation is 1. The van der Waals surface area contributed by atoms with Crippen LogP contribution in [0.3, 0.4) is 0 Å². The molecule has 6 nitrogen and oxygen atoms in total. The number of rotatable bonds is 3. The Hall–Kier alpha value is -2.68. The topological polar surface area (TPSA) is 67.1 Å². The second-order valence-corrected chi connectivity index (χ2v) is 7.46. The van der Waals surface area contributed by atoms with Crippen LogP contribution in [-0.2, 0) is 6.18 Å². The Balaban J connectivity index is 1.71. The van der Waals surface area contributed by atoms with E-state index in [9.17, 15) is 18.3 Å². The number of nitrogens with zero attached hydrogens (tertiary/aromatic N) is 5. The van der Waals surface area contributed by atoms with Gasteiger partial charge >= 0.3 is 6.18 Å². The Labute approximate surface area is 166 Å². The number of alkyl halides is 3. The zero-order valence-corrected chi connectivity index (χ0v) is 16.2. The predicted molar refractivity (Wildman–Crippen MR) is 103 cm³/mol. The summed E-state index contributed by atoms with van der Waals surface area (Å²) in [5, 5.41) is 18.7. The lowest BCUT2D eigenvalue weighted by Crippen LogP contribution is -2.36. The van der Waals surface area contributed by atoms with Gasteiger partial charge in [-0.1, -0.05) is 6.92 Å². The first-order valence-corrected chi connectivity index (χ1v) is 9.61. The van der Waals surface area contributed by atoms with E-state index >= 15 is 0 Å². The van der Waals surface area contributed by atoms with Gasteiger partial charge in [-0.05, 0) is 56.6 Å². The monoisotopic (exact) mass is 405 g/mol. The molecule has 4 rings (SSSR count). The van der Waals surface area contributed by atoms with Gasteiger partial charge in [-0.15, -0.1) is 10.2 Å². The molecule has 0 amide bonds. The average molecular weight is 405 g/mol. The van der Waals surface area contributed by atoms with E-state index in [4.69, 9.17) is 0 Å². The molecule has 3 aromatic rings. The molecule has 0 radical (unpaired) electrons. The summed E-state index contributed by atoms with van der Waals surface area (Å²) in [6.45, 7) is 6.65. The number of fused-ring (bicyclic) bond motifs is 1. The molecule has 3 heterocycles. The van der Waals surface area contributed by atoms with Gasteiger partial charge in [-0.3, -0.25) is 0 Å². The molecule has 9 heteroatoms. The van der Waals surface area contributed by atoms with E-state index < -0.39 is 17.5 Å². The molecule has 1 aromatic carbocycles. The average Bonchev–Trinajstić information content (AvgIpc) is 3.10. The normalized spacial score (nSPS) is 18.4. The number of hydrogen-bond donors (Lipinski definition) is 1. The Morgan fingerprint density at radius 3 is 2.69 bits per heavy atom. The Morgan fingerprint density at radius 1 is 1.21 bits per heavy atom. The number of likely N-dealkylation sites (N-methyl/N-ethyl adjacent to an activating group) is 1. The number of imidazole rings is 1. The lowest BCUT2D eigenvalue weighted by molar-refractivity contribution is -0.137. The van der Waals surface area contributed by atoms with Crippen molar-refractivity contribution in [1.29, 1.82) is 0 Å². The molecule has 0 spiro atoms. The Morgan fingerprint density at radius 2 is 2.00 bits per heavy atom. The quantitative estimate of drug-likeness (QED) is 0.708. The zero-order chi connectivity index (χ0) is 20.8. The van der Waals surface area contributed by atoms with Crippen molar-refractivity contribution in [2.75, 3.05) is 19.6 Å². The molecule has 1 atom stereocenters. The predicted octanol–water partition coefficient (Wildman–Crippen LogP) is 4.18. The number of phenols is 1. The van der Waals surface area contributed by atoms with Crippen LogP contribution in [0.1, 0.15) is 36.9 Å². The fourth-order valence-corrected chi connectivity index (χ4v) is 4.03. The molecule has 0 aliphatic carbocycles. The minimum absolute atomic E-state index is 0.233. The summed E-state index contributed by atoms with van der Waals surface area (Å²) in [5.74, 6) is -0.476. The lowest BCUT2D eigenvalue weighted by atomic mass is 10.0. The van der Waals surface area contributed by atoms with E-state index in [2.05, 4.69) is 27.0 Å². The summed E-state index contributed by atoms with van der Waals surface area (Å²) >= 11 is 0. The third-order valence-corrected chi connectivity index (χ3v) is 5.54. The molecule has 0 saturated carbocycles. The van der Waals surface area contributed by atoms with E-state index in [0.717, 1.165) is 38.5 Å². The van der Waals surface area contributed by atoms with Crippen LogP contribution in [0, 0.1) is 6.92 Å². The summed E-state index contributed by atoms with van der Waals surface area (Å²) in [6.07, 6.45) is -0.652. The van der Waals surface area contributed by atoms with Crippen LogP contribution in [0.5, 0.6) is 5.75 Å². The van der Waals surface area contributed by atoms with Gasteiger partial charge in [0.25, 0.3) is 0 Å². The molecule has 29 heavy (non-hydrogen) atoms. The third kappa shape index (κ3) is 3.66. The summed E-state index contributed by atoms with van der Waals surface area (Å²) in [4.78, 5) is 6.81. The van der Waals surface area contributed by atoms with Gasteiger partial charge in [0.05, 0.1) is 17.6 Å². The first-order chi connectivity index (χ1) is 13.8. The maximum absolute atomic E-state index is 13.0. The molecule has 0 unspecified atom stereocenters. The molecule has 1 aliphatic heterocycles. The van der Waals surface area contributed by atoms with Gasteiger partial charge in [0.1, 0.15) is 11.3 Å². The van der Waals surface area contributed by atoms with Crippen molar-refractivity contribution in [3.8, 4) is 17.0 Å². The summed E-state index contributed by atoms with van der Waals surface area (Å²) in [6, 6.07) is 3.64. The van der Waals surface area contributed by atoms with E-state index in [1.807, 2.05) is 4.57 Å². The highest BCUT2D eigenvalue weighted by Gasteiger charge is 2.32. The van der Waals surface area contributed by atoms with Crippen LogP contribution in [0.25, 0.3) is 22.4 Å². The van der Waals surface area contributed by atoms with E-state index in [1.165, 1.54) is 6.92 Å². The zero-order valence-electron chi connectivity index (χ0n) is 16.2. The van der Waals surface area contributed by atoms with Crippen molar-refractivity contribution in [2.45, 2.75) is 38.9 Å². The highest BCUT2D eigenvalue weighted by atomic mass is 19.4. The van der Waals surface area contributed by atoms with Crippen molar-refractivity contribution in [2.24, 2.45) is 0 Å². The lowest BCUT2D eigenvalue weighted by Gasteiger charge is -2.32. The number of phenolic OH excluding ortho intramolecular Hbond substituents is 1. The first kappa shape index (κ1) is 19.6. The Bertz CT molecular complexity index is 1020. The molecule has 1 aliphatic rings. The van der Waals surface area contributed by atoms with E-state index in [0.29, 0.717) is 22.9 Å². The SMILES string of the molecule is CCN1CCC[C@@H](n2cnc3cc(-c4c(C)cc(C(F)(F)F)cc4O)nnc32)C1. The van der Waals surface area contributed by atoms with Crippen molar-refractivity contribution in [1.82, 2.24) is 24.6 Å². The van der Waals surface area contributed by atoms with Gasteiger partial charge in [0.2, 0.25) is 0 Å². The highest BCUT2D eigenvalue weighted by Crippen LogP contribution is 2.38. The third-order valence-electron chi connectivity index (χ3n) is 5.54. The van der Waals surface area contributed by atoms with Crippen LogP contribution in [0.15, 0.2) is 24.5 Å². The smallest absolute Gasteiger partial charge is 0.416 e. The highest BCUT2D eigenvalue weighted by molar-refractivity contribution is 5.79. The second kappa shape index (κ2) is 7.29. The fourth-order valence-electron chi connectivity index (χ4n) is 4.03. The largest absolute Gasteiger partial charge is 0.507 e. The molecular formula is C20H22F3N5O. The van der Waals surface area contributed by atoms with E-state index in [-0.39, 0.29) is 17.2 Å². The van der Waals surface area contributed by atoms with Gasteiger partial charge in [-0.2, -0.15) is 13.2 Å². The second-order valence-electron chi connectivity index (χ2n) is 7.46. The maximum atomic E-state index is 13.0. The van der Waals surface area contributed by atoms with Crippen molar-refractivity contribution in [3.63, 3.8) is 0 Å². The molecule has 1 saturated heterocycles. The van der Waals surface area contributed by atoms with Gasteiger partial charge in [0.15, 0.2) is 5.65 Å². The number of aromatic nitrogens is 4. The summed E-state index contributed by atoms with van der Waals surface area (Å²) in [7, 11) is 0. The molecule has 1 N–H and O–H groups in total. The summed E-state index contributed by atoms with van der Waals surface area (Å²) < 4.78 is 40.9. The Kier molecular flexibility index (Phi) is 4.94. The number of hydrogen-bond acceptors (Lipinski definition) is 5. The van der Waals surface area contributed by atoms with Crippen molar-refractivity contribution >= 4 is 11.2 Å². The van der Waals surface area contributed by atoms with Crippen LogP contribution in [0.2, 0.25) is 0 Å². The summed E-state index contributed by atoms with van der Waals surface area (Å²) in [5.41, 5.74) is 1.15. The van der Waals surface area contributed by atoms with Crippen LogP contribution in [0.4, 0.5) is 13.2 Å². The number of likely N-dealkylation sites (tertiary alicyclic amines) is 1. The minimum Gasteiger partial charge on any atom is -0.507 e. The van der Waals surface area contributed by atoms with Crippen LogP contribution < -0.4 is 0 Å². The number of piperidine rings is 1. The van der Waals surface area contributed by atoms with Crippen LogP contribution >= 0.6 is 0 Å². The van der Waals surface area contributed by atoms with E-state index in [1.54, 1.807) is 12.4 Å². The fraction of sp³-hybridized carbons (Fsp3) is 0.450. The number of benzene rings is 1. The van der Waals surface area contributed by atoms with Gasteiger partial charge < -0.3 is 14.6 Å². The van der Waals surface area contributed by atoms with Gasteiger partial charge in [0, 0.05) is 18.2 Å². The van der Waals surface area contributed by atoms with Gasteiger partial charge in [-0.25, -0.2) is 4.98 Å².